The molecular formula is C15H17F2N3O2. The molecule has 2 aromatic rings. The summed E-state index contributed by atoms with van der Waals surface area (Å²) in [7, 11) is 0. The number of amides is 1. The fourth-order valence-corrected chi connectivity index (χ4v) is 2.56. The number of carbonyl (C=O) groups excluding carboxylic acids is 1. The van der Waals surface area contributed by atoms with E-state index in [1.54, 1.807) is 10.6 Å². The maximum absolute atomic E-state index is 13.9. The number of pyridine rings is 1. The van der Waals surface area contributed by atoms with Crippen LogP contribution in [0.1, 0.15) is 30.5 Å². The van der Waals surface area contributed by atoms with Crippen LogP contribution in [0, 0.1) is 6.92 Å². The summed E-state index contributed by atoms with van der Waals surface area (Å²) < 4.78 is 29.6. The second kappa shape index (κ2) is 5.01. The van der Waals surface area contributed by atoms with E-state index in [4.69, 9.17) is 0 Å². The van der Waals surface area contributed by atoms with Crippen LogP contribution in [0.4, 0.5) is 8.78 Å². The van der Waals surface area contributed by atoms with Crippen molar-refractivity contribution in [1.29, 1.82) is 0 Å². The molecule has 118 valence electrons. The van der Waals surface area contributed by atoms with E-state index < -0.39 is 17.4 Å². The van der Waals surface area contributed by atoms with Crippen LogP contribution in [0.3, 0.4) is 0 Å². The van der Waals surface area contributed by atoms with Gasteiger partial charge in [-0.05, 0) is 37.8 Å². The van der Waals surface area contributed by atoms with Gasteiger partial charge in [0.15, 0.2) is 0 Å². The van der Waals surface area contributed by atoms with Gasteiger partial charge in [-0.15, -0.1) is 0 Å². The minimum absolute atomic E-state index is 0.0545. The maximum atomic E-state index is 13.9. The van der Waals surface area contributed by atoms with Crippen molar-refractivity contribution in [3.05, 3.63) is 35.8 Å². The summed E-state index contributed by atoms with van der Waals surface area (Å²) in [6.45, 7) is 1.83. The van der Waals surface area contributed by atoms with Crippen molar-refractivity contribution in [1.82, 2.24) is 14.7 Å². The van der Waals surface area contributed by atoms with Crippen molar-refractivity contribution in [3.8, 4) is 0 Å². The summed E-state index contributed by atoms with van der Waals surface area (Å²) in [6, 6.07) is 3.71. The topological polar surface area (TPSA) is 66.6 Å². The lowest BCUT2D eigenvalue weighted by Gasteiger charge is -2.41. The molecule has 0 atom stereocenters. The van der Waals surface area contributed by atoms with Crippen LogP contribution in [-0.2, 0) is 11.3 Å². The Balaban J connectivity index is 1.69. The Morgan fingerprint density at radius 1 is 1.45 bits per heavy atom. The van der Waals surface area contributed by atoms with E-state index >= 15 is 0 Å². The normalized spacial score (nSPS) is 17.3. The molecule has 2 heterocycles. The van der Waals surface area contributed by atoms with Gasteiger partial charge in [0, 0.05) is 12.4 Å². The molecule has 1 amide bonds. The monoisotopic (exact) mass is 309 g/mol. The van der Waals surface area contributed by atoms with Crippen LogP contribution < -0.4 is 5.32 Å². The molecule has 1 saturated carbocycles. The SMILES string of the molecule is Cc1ccc2nc(CNC(=O)C(F)(F)C3(O)CCC3)cn2c1. The van der Waals surface area contributed by atoms with Gasteiger partial charge in [0.25, 0.3) is 5.91 Å². The van der Waals surface area contributed by atoms with Crippen LogP contribution in [0.5, 0.6) is 0 Å². The van der Waals surface area contributed by atoms with E-state index in [2.05, 4.69) is 10.3 Å². The lowest BCUT2D eigenvalue weighted by Crippen LogP contribution is -2.60. The van der Waals surface area contributed by atoms with Gasteiger partial charge in [-0.2, -0.15) is 8.78 Å². The number of hydrogen-bond donors (Lipinski definition) is 2. The fraction of sp³-hybridized carbons (Fsp3) is 0.467. The van der Waals surface area contributed by atoms with Crippen molar-refractivity contribution in [2.24, 2.45) is 0 Å². The third-order valence-corrected chi connectivity index (χ3v) is 4.13. The standard InChI is InChI=1S/C15H17F2N3O2/c1-10-3-4-12-19-11(9-20(12)8-10)7-18-13(21)15(16,17)14(22)5-2-6-14/h3-4,8-9,22H,2,5-7H2,1H3,(H,18,21). The Morgan fingerprint density at radius 3 is 2.82 bits per heavy atom. The number of alkyl halides is 2. The minimum atomic E-state index is -3.78. The van der Waals surface area contributed by atoms with Crippen molar-refractivity contribution in [3.63, 3.8) is 0 Å². The predicted octanol–water partition coefficient (Wildman–Crippen LogP) is 1.81. The van der Waals surface area contributed by atoms with E-state index in [9.17, 15) is 18.7 Å². The third kappa shape index (κ3) is 2.35. The highest BCUT2D eigenvalue weighted by Gasteiger charge is 2.61. The number of aryl methyl sites for hydroxylation is 1. The van der Waals surface area contributed by atoms with Crippen molar-refractivity contribution < 1.29 is 18.7 Å². The lowest BCUT2D eigenvalue weighted by molar-refractivity contribution is -0.216. The van der Waals surface area contributed by atoms with Gasteiger partial charge in [0.05, 0.1) is 12.2 Å². The highest BCUT2D eigenvalue weighted by molar-refractivity contribution is 5.85. The number of aromatic nitrogens is 2. The first-order valence-electron chi connectivity index (χ1n) is 7.15. The van der Waals surface area contributed by atoms with Crippen LogP contribution in [0.25, 0.3) is 5.65 Å². The van der Waals surface area contributed by atoms with Crippen LogP contribution in [0.2, 0.25) is 0 Å². The van der Waals surface area contributed by atoms with Crippen LogP contribution >= 0.6 is 0 Å². The van der Waals surface area contributed by atoms with Gasteiger partial charge in [-0.3, -0.25) is 4.79 Å². The van der Waals surface area contributed by atoms with Gasteiger partial charge in [-0.1, -0.05) is 6.07 Å². The molecule has 22 heavy (non-hydrogen) atoms. The molecule has 0 aliphatic heterocycles. The molecule has 1 aliphatic rings. The number of rotatable bonds is 4. The van der Waals surface area contributed by atoms with Crippen molar-refractivity contribution in [2.75, 3.05) is 0 Å². The molecule has 2 aromatic heterocycles. The van der Waals surface area contributed by atoms with E-state index in [1.807, 2.05) is 25.3 Å². The molecule has 0 unspecified atom stereocenters. The second-order valence-electron chi connectivity index (χ2n) is 5.85. The fourth-order valence-electron chi connectivity index (χ4n) is 2.56. The lowest BCUT2D eigenvalue weighted by atomic mass is 9.75. The average molecular weight is 309 g/mol. The first-order valence-corrected chi connectivity index (χ1v) is 7.15. The Labute approximate surface area is 126 Å². The number of nitrogens with one attached hydrogen (secondary N) is 1. The molecule has 0 saturated heterocycles. The van der Waals surface area contributed by atoms with E-state index in [1.165, 1.54) is 0 Å². The van der Waals surface area contributed by atoms with Gasteiger partial charge in [0.1, 0.15) is 11.2 Å². The zero-order valence-corrected chi connectivity index (χ0v) is 12.1. The Morgan fingerprint density at radius 2 is 2.18 bits per heavy atom. The zero-order valence-electron chi connectivity index (χ0n) is 12.1. The van der Waals surface area contributed by atoms with E-state index in [-0.39, 0.29) is 19.4 Å². The molecule has 1 aliphatic carbocycles. The van der Waals surface area contributed by atoms with Crippen LogP contribution in [0.15, 0.2) is 24.5 Å². The number of aliphatic hydroxyl groups is 1. The number of imidazole rings is 1. The van der Waals surface area contributed by atoms with E-state index in [0.717, 1.165) is 5.56 Å². The largest absolute Gasteiger partial charge is 0.383 e. The molecule has 7 heteroatoms. The summed E-state index contributed by atoms with van der Waals surface area (Å²) in [6.07, 6.45) is 3.94. The second-order valence-corrected chi connectivity index (χ2v) is 5.85. The predicted molar refractivity (Wildman–Crippen MR) is 75.5 cm³/mol. The third-order valence-electron chi connectivity index (χ3n) is 4.13. The van der Waals surface area contributed by atoms with Gasteiger partial charge < -0.3 is 14.8 Å². The van der Waals surface area contributed by atoms with Crippen molar-refractivity contribution in [2.45, 2.75) is 44.3 Å². The number of carbonyl (C=O) groups is 1. The van der Waals surface area contributed by atoms with Crippen LogP contribution in [-0.4, -0.2) is 31.9 Å². The molecular weight excluding hydrogens is 292 g/mol. The summed E-state index contributed by atoms with van der Waals surface area (Å²) in [5.41, 5.74) is 0.00132. The van der Waals surface area contributed by atoms with Gasteiger partial charge in [0.2, 0.25) is 0 Å². The number of hydrogen-bond acceptors (Lipinski definition) is 3. The summed E-state index contributed by atoms with van der Waals surface area (Å²) in [4.78, 5) is 15.9. The molecule has 0 radical (unpaired) electrons. The molecule has 3 rings (SSSR count). The first-order chi connectivity index (χ1) is 10.3. The highest BCUT2D eigenvalue weighted by Crippen LogP contribution is 2.44. The number of nitrogens with zero attached hydrogens (tertiary/aromatic N) is 2. The van der Waals surface area contributed by atoms with Gasteiger partial charge >= 0.3 is 5.92 Å². The Kier molecular flexibility index (Phi) is 3.40. The summed E-state index contributed by atoms with van der Waals surface area (Å²) >= 11 is 0. The van der Waals surface area contributed by atoms with Gasteiger partial charge in [-0.25, -0.2) is 4.98 Å². The summed E-state index contributed by atoms with van der Waals surface area (Å²) in [5.74, 6) is -5.23. The first kappa shape index (κ1) is 14.9. The molecule has 0 bridgehead atoms. The molecule has 2 N–H and O–H groups in total. The highest BCUT2D eigenvalue weighted by atomic mass is 19.3. The number of halogens is 2. The van der Waals surface area contributed by atoms with E-state index in [0.29, 0.717) is 17.8 Å². The zero-order chi connectivity index (χ0) is 16.0. The Hall–Kier alpha value is -2.02. The summed E-state index contributed by atoms with van der Waals surface area (Å²) in [5, 5.41) is 11.9. The molecule has 0 aromatic carbocycles. The molecule has 5 nitrogen and oxygen atoms in total. The maximum Gasteiger partial charge on any atom is 0.352 e. The molecule has 1 fully saturated rings. The average Bonchev–Trinajstić information content (AvgIpc) is 2.83. The number of fused-ring (bicyclic) bond motifs is 1. The smallest absolute Gasteiger partial charge is 0.352 e. The Bertz CT molecular complexity index is 723. The minimum Gasteiger partial charge on any atom is -0.383 e. The quantitative estimate of drug-likeness (QED) is 0.905. The van der Waals surface area contributed by atoms with Crippen molar-refractivity contribution >= 4 is 11.6 Å². The molecule has 0 spiro atoms.